The Bertz CT molecular complexity index is 384. The van der Waals surface area contributed by atoms with Crippen LogP contribution in [0.25, 0.3) is 0 Å². The summed E-state index contributed by atoms with van der Waals surface area (Å²) in [6.45, 7) is 3.92. The number of amides is 1. The van der Waals surface area contributed by atoms with E-state index in [2.05, 4.69) is 22.9 Å². The predicted molar refractivity (Wildman–Crippen MR) is 73.1 cm³/mol. The maximum atomic E-state index is 12.3. The molecule has 0 unspecified atom stereocenters. The van der Waals surface area contributed by atoms with E-state index in [-0.39, 0.29) is 5.91 Å². The van der Waals surface area contributed by atoms with Gasteiger partial charge in [-0.1, -0.05) is 22.9 Å². The highest BCUT2D eigenvalue weighted by Gasteiger charge is 2.26. The average molecular weight is 296 g/mol. The predicted octanol–water partition coefficient (Wildman–Crippen LogP) is 3.71. The summed E-state index contributed by atoms with van der Waals surface area (Å²) in [5.41, 5.74) is 0.794. The monoisotopic (exact) mass is 295 g/mol. The molecule has 0 aromatic heterocycles. The van der Waals surface area contributed by atoms with E-state index in [4.69, 9.17) is 0 Å². The van der Waals surface area contributed by atoms with Gasteiger partial charge in [-0.15, -0.1) is 0 Å². The lowest BCUT2D eigenvalue weighted by molar-refractivity contribution is 0.0747. The lowest BCUT2D eigenvalue weighted by atomic mass is 10.2. The van der Waals surface area contributed by atoms with Gasteiger partial charge in [-0.25, -0.2) is 0 Å². The van der Waals surface area contributed by atoms with Crippen molar-refractivity contribution in [3.05, 3.63) is 34.3 Å². The molecule has 1 fully saturated rings. The fourth-order valence-electron chi connectivity index (χ4n) is 1.93. The fraction of sp³-hybridized carbons (Fsp3) is 0.500. The molecule has 2 rings (SSSR count). The molecular formula is C14H18BrNO. The van der Waals surface area contributed by atoms with Gasteiger partial charge >= 0.3 is 0 Å². The van der Waals surface area contributed by atoms with Crippen LogP contribution in [0.4, 0.5) is 0 Å². The van der Waals surface area contributed by atoms with Crippen LogP contribution in [0.5, 0.6) is 0 Å². The number of nitrogens with zero attached hydrogens (tertiary/aromatic N) is 1. The normalized spacial score (nSPS) is 14.7. The molecule has 1 aliphatic rings. The second-order valence-corrected chi connectivity index (χ2v) is 5.62. The van der Waals surface area contributed by atoms with Crippen molar-refractivity contribution in [3.8, 4) is 0 Å². The maximum absolute atomic E-state index is 12.3. The molecule has 1 saturated carbocycles. The average Bonchev–Trinajstić information content (AvgIpc) is 3.13. The number of halogens is 1. The third-order valence-corrected chi connectivity index (χ3v) is 3.58. The number of carbonyl (C=O) groups is 1. The van der Waals surface area contributed by atoms with Gasteiger partial charge in [-0.05, 0) is 49.4 Å². The minimum absolute atomic E-state index is 0.172. The fourth-order valence-corrected chi connectivity index (χ4v) is 2.20. The summed E-state index contributed by atoms with van der Waals surface area (Å²) in [5.74, 6) is 0.923. The molecule has 1 aromatic carbocycles. The molecule has 0 spiro atoms. The Morgan fingerprint density at radius 1 is 1.35 bits per heavy atom. The molecule has 0 saturated heterocycles. The minimum Gasteiger partial charge on any atom is -0.338 e. The molecule has 0 radical (unpaired) electrons. The highest BCUT2D eigenvalue weighted by atomic mass is 79.9. The van der Waals surface area contributed by atoms with Crippen LogP contribution in [0, 0.1) is 5.92 Å². The number of carbonyl (C=O) groups excluding carboxylic acids is 1. The zero-order valence-corrected chi connectivity index (χ0v) is 11.7. The quantitative estimate of drug-likeness (QED) is 0.811. The van der Waals surface area contributed by atoms with Gasteiger partial charge in [-0.2, -0.15) is 0 Å². The molecule has 0 N–H and O–H groups in total. The van der Waals surface area contributed by atoms with Crippen LogP contribution in [-0.4, -0.2) is 23.9 Å². The number of hydrogen-bond donors (Lipinski definition) is 0. The third kappa shape index (κ3) is 3.56. The highest BCUT2D eigenvalue weighted by molar-refractivity contribution is 9.10. The zero-order chi connectivity index (χ0) is 12.3. The Hall–Kier alpha value is -0.830. The van der Waals surface area contributed by atoms with Crippen molar-refractivity contribution in [1.29, 1.82) is 0 Å². The van der Waals surface area contributed by atoms with Crippen LogP contribution < -0.4 is 0 Å². The van der Waals surface area contributed by atoms with E-state index in [1.165, 1.54) is 12.8 Å². The first-order valence-corrected chi connectivity index (χ1v) is 7.05. The van der Waals surface area contributed by atoms with Crippen LogP contribution >= 0.6 is 15.9 Å². The molecular weight excluding hydrogens is 278 g/mol. The molecule has 3 heteroatoms. The van der Waals surface area contributed by atoms with Gasteiger partial charge in [0, 0.05) is 23.1 Å². The Balaban J connectivity index is 2.05. The first kappa shape index (κ1) is 12.6. The topological polar surface area (TPSA) is 20.3 Å². The first-order valence-electron chi connectivity index (χ1n) is 6.25. The van der Waals surface area contributed by atoms with Gasteiger partial charge in [0.2, 0.25) is 0 Å². The first-order chi connectivity index (χ1) is 8.20. The molecule has 1 aromatic rings. The highest BCUT2D eigenvalue weighted by Crippen LogP contribution is 2.30. The smallest absolute Gasteiger partial charge is 0.253 e. The third-order valence-electron chi connectivity index (χ3n) is 3.05. The molecule has 17 heavy (non-hydrogen) atoms. The SMILES string of the molecule is CCCN(CC1CC1)C(=O)c1ccc(Br)cc1. The number of rotatable bonds is 5. The molecule has 0 heterocycles. The molecule has 2 nitrogen and oxygen atoms in total. The van der Waals surface area contributed by atoms with Gasteiger partial charge in [0.1, 0.15) is 0 Å². The van der Waals surface area contributed by atoms with Crippen molar-refractivity contribution in [1.82, 2.24) is 4.90 Å². The van der Waals surface area contributed by atoms with Crippen molar-refractivity contribution in [2.45, 2.75) is 26.2 Å². The molecule has 0 aliphatic heterocycles. The van der Waals surface area contributed by atoms with Gasteiger partial charge in [0.25, 0.3) is 5.91 Å². The van der Waals surface area contributed by atoms with Gasteiger partial charge in [-0.3, -0.25) is 4.79 Å². The van der Waals surface area contributed by atoms with Crippen LogP contribution in [0.15, 0.2) is 28.7 Å². The Morgan fingerprint density at radius 3 is 2.53 bits per heavy atom. The van der Waals surface area contributed by atoms with Crippen molar-refractivity contribution < 1.29 is 4.79 Å². The zero-order valence-electron chi connectivity index (χ0n) is 10.2. The molecule has 0 bridgehead atoms. The van der Waals surface area contributed by atoms with E-state index in [0.717, 1.165) is 35.5 Å². The minimum atomic E-state index is 0.172. The Kier molecular flexibility index (Phi) is 4.21. The largest absolute Gasteiger partial charge is 0.338 e. The summed E-state index contributed by atoms with van der Waals surface area (Å²) in [4.78, 5) is 14.3. The van der Waals surface area contributed by atoms with Gasteiger partial charge in [0.05, 0.1) is 0 Å². The van der Waals surface area contributed by atoms with E-state index in [1.807, 2.05) is 29.2 Å². The summed E-state index contributed by atoms with van der Waals surface area (Å²) < 4.78 is 1.01. The Morgan fingerprint density at radius 2 is 2.00 bits per heavy atom. The molecule has 1 amide bonds. The molecule has 1 aliphatic carbocycles. The van der Waals surface area contributed by atoms with Gasteiger partial charge in [0.15, 0.2) is 0 Å². The lowest BCUT2D eigenvalue weighted by Gasteiger charge is -2.22. The van der Waals surface area contributed by atoms with E-state index >= 15 is 0 Å². The van der Waals surface area contributed by atoms with Crippen LogP contribution in [-0.2, 0) is 0 Å². The summed E-state index contributed by atoms with van der Waals surface area (Å²) in [6, 6.07) is 7.63. The van der Waals surface area contributed by atoms with E-state index in [9.17, 15) is 4.79 Å². The molecule has 92 valence electrons. The van der Waals surface area contributed by atoms with E-state index < -0.39 is 0 Å². The lowest BCUT2D eigenvalue weighted by Crippen LogP contribution is -2.33. The second-order valence-electron chi connectivity index (χ2n) is 4.70. The number of benzene rings is 1. The summed E-state index contributed by atoms with van der Waals surface area (Å²) in [7, 11) is 0. The summed E-state index contributed by atoms with van der Waals surface area (Å²) >= 11 is 3.39. The van der Waals surface area contributed by atoms with Crippen molar-refractivity contribution in [2.75, 3.05) is 13.1 Å². The number of hydrogen-bond acceptors (Lipinski definition) is 1. The van der Waals surface area contributed by atoms with E-state index in [0.29, 0.717) is 0 Å². The van der Waals surface area contributed by atoms with Crippen molar-refractivity contribution in [2.24, 2.45) is 5.92 Å². The summed E-state index contributed by atoms with van der Waals surface area (Å²) in [6.07, 6.45) is 3.59. The summed E-state index contributed by atoms with van der Waals surface area (Å²) in [5, 5.41) is 0. The van der Waals surface area contributed by atoms with Crippen molar-refractivity contribution in [3.63, 3.8) is 0 Å². The van der Waals surface area contributed by atoms with Crippen molar-refractivity contribution >= 4 is 21.8 Å². The molecule has 0 atom stereocenters. The van der Waals surface area contributed by atoms with Crippen LogP contribution in [0.2, 0.25) is 0 Å². The van der Waals surface area contributed by atoms with E-state index in [1.54, 1.807) is 0 Å². The van der Waals surface area contributed by atoms with Gasteiger partial charge < -0.3 is 4.90 Å². The standard InChI is InChI=1S/C14H18BrNO/c1-2-9-16(10-11-3-4-11)14(17)12-5-7-13(15)8-6-12/h5-8,11H,2-4,9-10H2,1H3. The second kappa shape index (κ2) is 5.67. The Labute approximate surface area is 111 Å². The van der Waals surface area contributed by atoms with Crippen LogP contribution in [0.1, 0.15) is 36.5 Å². The maximum Gasteiger partial charge on any atom is 0.253 e. The van der Waals surface area contributed by atoms with Crippen LogP contribution in [0.3, 0.4) is 0 Å².